The first kappa shape index (κ1) is 17.2. The van der Waals surface area contributed by atoms with Crippen molar-refractivity contribution in [2.24, 2.45) is 0 Å². The molecule has 0 aromatic heterocycles. The molecule has 0 aliphatic rings. The van der Waals surface area contributed by atoms with Crippen LogP contribution in [0.25, 0.3) is 10.8 Å². The summed E-state index contributed by atoms with van der Waals surface area (Å²) in [5.41, 5.74) is 1.04. The summed E-state index contributed by atoms with van der Waals surface area (Å²) in [7, 11) is 0. The SMILES string of the molecule is C[C@H](OC(=O)c1ccccc1Br)C(=O)Nc1ccc2ccccc2c1. The van der Waals surface area contributed by atoms with Crippen LogP contribution in [0.2, 0.25) is 0 Å². The molecule has 0 aliphatic carbocycles. The van der Waals surface area contributed by atoms with Gasteiger partial charge in [0.05, 0.1) is 5.56 Å². The number of anilines is 1. The van der Waals surface area contributed by atoms with E-state index in [-0.39, 0.29) is 5.91 Å². The van der Waals surface area contributed by atoms with Gasteiger partial charge in [0.1, 0.15) is 0 Å². The summed E-state index contributed by atoms with van der Waals surface area (Å²) in [6.07, 6.45) is -0.911. The summed E-state index contributed by atoms with van der Waals surface area (Å²) >= 11 is 3.30. The molecule has 5 heteroatoms. The van der Waals surface area contributed by atoms with Crippen molar-refractivity contribution >= 4 is 44.3 Å². The maximum atomic E-state index is 12.3. The van der Waals surface area contributed by atoms with Crippen LogP contribution in [0, 0.1) is 0 Å². The minimum absolute atomic E-state index is 0.379. The average Bonchev–Trinajstić information content (AvgIpc) is 2.61. The Hall–Kier alpha value is -2.66. The van der Waals surface area contributed by atoms with Crippen LogP contribution in [-0.2, 0) is 9.53 Å². The number of benzene rings is 3. The van der Waals surface area contributed by atoms with Crippen LogP contribution in [-0.4, -0.2) is 18.0 Å². The summed E-state index contributed by atoms with van der Waals surface area (Å²) in [6.45, 7) is 1.55. The Morgan fingerprint density at radius 3 is 2.40 bits per heavy atom. The first-order valence-electron chi connectivity index (χ1n) is 7.80. The van der Waals surface area contributed by atoms with Gasteiger partial charge in [0.25, 0.3) is 5.91 Å². The second-order valence-electron chi connectivity index (χ2n) is 5.58. The van der Waals surface area contributed by atoms with Crippen molar-refractivity contribution in [3.8, 4) is 0 Å². The van der Waals surface area contributed by atoms with Crippen LogP contribution in [0.3, 0.4) is 0 Å². The number of esters is 1. The quantitative estimate of drug-likeness (QED) is 0.644. The molecule has 0 aliphatic heterocycles. The highest BCUT2D eigenvalue weighted by molar-refractivity contribution is 9.10. The van der Waals surface area contributed by atoms with E-state index in [9.17, 15) is 9.59 Å². The van der Waals surface area contributed by atoms with Crippen molar-refractivity contribution in [2.75, 3.05) is 5.32 Å². The highest BCUT2D eigenvalue weighted by Gasteiger charge is 2.20. The first-order valence-corrected chi connectivity index (χ1v) is 8.59. The van der Waals surface area contributed by atoms with Gasteiger partial charge in [0.15, 0.2) is 6.10 Å². The summed E-state index contributed by atoms with van der Waals surface area (Å²) < 4.78 is 5.88. The monoisotopic (exact) mass is 397 g/mol. The van der Waals surface area contributed by atoms with Crippen LogP contribution < -0.4 is 5.32 Å². The minimum atomic E-state index is -0.911. The van der Waals surface area contributed by atoms with Crippen LogP contribution in [0.5, 0.6) is 0 Å². The Labute approximate surface area is 153 Å². The molecule has 0 radical (unpaired) electrons. The van der Waals surface area contributed by atoms with E-state index >= 15 is 0 Å². The molecule has 126 valence electrons. The Bertz CT molecular complexity index is 939. The lowest BCUT2D eigenvalue weighted by Crippen LogP contribution is -2.30. The molecular formula is C20H16BrNO3. The molecule has 3 aromatic carbocycles. The summed E-state index contributed by atoms with van der Waals surface area (Å²) in [5, 5.41) is 4.90. The van der Waals surface area contributed by atoms with Gasteiger partial charge in [-0.3, -0.25) is 4.79 Å². The number of nitrogens with one attached hydrogen (secondary N) is 1. The maximum Gasteiger partial charge on any atom is 0.340 e. The number of carbonyl (C=O) groups is 2. The Kier molecular flexibility index (Phi) is 5.14. The first-order chi connectivity index (χ1) is 12.0. The Morgan fingerprint density at radius 1 is 0.960 bits per heavy atom. The van der Waals surface area contributed by atoms with E-state index in [2.05, 4.69) is 21.2 Å². The molecule has 1 amide bonds. The number of carbonyl (C=O) groups excluding carboxylic acids is 2. The summed E-state index contributed by atoms with van der Waals surface area (Å²) in [4.78, 5) is 24.5. The number of fused-ring (bicyclic) bond motifs is 1. The normalized spacial score (nSPS) is 11.8. The lowest BCUT2D eigenvalue weighted by molar-refractivity contribution is -0.123. The molecule has 1 atom stereocenters. The zero-order valence-electron chi connectivity index (χ0n) is 13.5. The van der Waals surface area contributed by atoms with Gasteiger partial charge < -0.3 is 10.1 Å². The molecule has 4 nitrogen and oxygen atoms in total. The van der Waals surface area contributed by atoms with Crippen molar-refractivity contribution in [3.05, 3.63) is 76.8 Å². The number of hydrogen-bond acceptors (Lipinski definition) is 3. The highest BCUT2D eigenvalue weighted by Crippen LogP contribution is 2.20. The summed E-state index contributed by atoms with van der Waals surface area (Å²) in [6, 6.07) is 20.4. The van der Waals surface area contributed by atoms with Crippen LogP contribution in [0.15, 0.2) is 71.2 Å². The standard InChI is InChI=1S/C20H16BrNO3/c1-13(25-20(24)17-8-4-5-9-18(17)21)19(23)22-16-11-10-14-6-2-3-7-15(14)12-16/h2-13H,1H3,(H,22,23)/t13-/m0/s1. The van der Waals surface area contributed by atoms with Crippen molar-refractivity contribution in [1.29, 1.82) is 0 Å². The van der Waals surface area contributed by atoms with Crippen molar-refractivity contribution < 1.29 is 14.3 Å². The van der Waals surface area contributed by atoms with Crippen LogP contribution in [0.1, 0.15) is 17.3 Å². The smallest absolute Gasteiger partial charge is 0.340 e. The van der Waals surface area contributed by atoms with Crippen molar-refractivity contribution in [2.45, 2.75) is 13.0 Å². The van der Waals surface area contributed by atoms with Crippen molar-refractivity contribution in [3.63, 3.8) is 0 Å². The molecule has 0 heterocycles. The van der Waals surface area contributed by atoms with Gasteiger partial charge >= 0.3 is 5.97 Å². The second-order valence-corrected chi connectivity index (χ2v) is 6.43. The molecule has 0 saturated carbocycles. The largest absolute Gasteiger partial charge is 0.449 e. The highest BCUT2D eigenvalue weighted by atomic mass is 79.9. The van der Waals surface area contributed by atoms with Gasteiger partial charge in [-0.25, -0.2) is 4.79 Å². The number of amides is 1. The second kappa shape index (κ2) is 7.49. The number of hydrogen-bond donors (Lipinski definition) is 1. The van der Waals surface area contributed by atoms with Gasteiger partial charge in [-0.15, -0.1) is 0 Å². The van der Waals surface area contributed by atoms with E-state index in [4.69, 9.17) is 4.74 Å². The topological polar surface area (TPSA) is 55.4 Å². The van der Waals surface area contributed by atoms with Crippen LogP contribution in [0.4, 0.5) is 5.69 Å². The van der Waals surface area contributed by atoms with E-state index in [1.54, 1.807) is 31.2 Å². The van der Waals surface area contributed by atoms with E-state index in [0.29, 0.717) is 15.7 Å². The number of halogens is 1. The lowest BCUT2D eigenvalue weighted by Gasteiger charge is -2.14. The minimum Gasteiger partial charge on any atom is -0.449 e. The average molecular weight is 398 g/mol. The van der Waals surface area contributed by atoms with Gasteiger partial charge in [-0.05, 0) is 57.9 Å². The zero-order valence-corrected chi connectivity index (χ0v) is 15.1. The van der Waals surface area contributed by atoms with Gasteiger partial charge in [0, 0.05) is 10.2 Å². The van der Waals surface area contributed by atoms with E-state index in [0.717, 1.165) is 10.8 Å². The molecule has 3 rings (SSSR count). The van der Waals surface area contributed by atoms with E-state index in [1.165, 1.54) is 0 Å². The predicted octanol–water partition coefficient (Wildman–Crippen LogP) is 4.79. The van der Waals surface area contributed by atoms with Crippen molar-refractivity contribution in [1.82, 2.24) is 0 Å². The van der Waals surface area contributed by atoms with E-state index < -0.39 is 12.1 Å². The zero-order chi connectivity index (χ0) is 17.8. The predicted molar refractivity (Wildman–Crippen MR) is 102 cm³/mol. The molecule has 0 bridgehead atoms. The Balaban J connectivity index is 1.67. The molecular weight excluding hydrogens is 382 g/mol. The number of ether oxygens (including phenoxy) is 1. The molecule has 25 heavy (non-hydrogen) atoms. The molecule has 3 aromatic rings. The van der Waals surface area contributed by atoms with E-state index in [1.807, 2.05) is 42.5 Å². The third-order valence-electron chi connectivity index (χ3n) is 3.76. The molecule has 1 N–H and O–H groups in total. The third-order valence-corrected chi connectivity index (χ3v) is 4.46. The fourth-order valence-electron chi connectivity index (χ4n) is 2.42. The third kappa shape index (κ3) is 4.06. The fourth-order valence-corrected chi connectivity index (χ4v) is 2.86. The van der Waals surface area contributed by atoms with Crippen LogP contribution >= 0.6 is 15.9 Å². The van der Waals surface area contributed by atoms with Gasteiger partial charge in [0.2, 0.25) is 0 Å². The molecule has 0 fully saturated rings. The fraction of sp³-hybridized carbons (Fsp3) is 0.100. The Morgan fingerprint density at radius 2 is 1.64 bits per heavy atom. The molecule has 0 unspecified atom stereocenters. The molecule has 0 saturated heterocycles. The lowest BCUT2D eigenvalue weighted by atomic mass is 10.1. The maximum absolute atomic E-state index is 12.3. The molecule has 0 spiro atoms. The summed E-state index contributed by atoms with van der Waals surface area (Å²) in [5.74, 6) is -0.927. The van der Waals surface area contributed by atoms with Gasteiger partial charge in [-0.2, -0.15) is 0 Å². The number of rotatable bonds is 4. The van der Waals surface area contributed by atoms with Gasteiger partial charge in [-0.1, -0.05) is 42.5 Å².